The third kappa shape index (κ3) is 13.2. The molecule has 0 aliphatic carbocycles. The maximum absolute atomic E-state index is 17.5. The van der Waals surface area contributed by atoms with Gasteiger partial charge < -0.3 is 33.1 Å². The van der Waals surface area contributed by atoms with Crippen LogP contribution in [-0.2, 0) is 37.9 Å². The van der Waals surface area contributed by atoms with Gasteiger partial charge in [0.25, 0.3) is 0 Å². The first-order chi connectivity index (χ1) is 35.0. The van der Waals surface area contributed by atoms with Crippen LogP contribution in [0.1, 0.15) is 160 Å². The van der Waals surface area contributed by atoms with Crippen molar-refractivity contribution in [1.29, 1.82) is 0 Å². The molecule has 0 spiro atoms. The molecule has 5 aromatic rings. The van der Waals surface area contributed by atoms with Gasteiger partial charge in [-0.25, -0.2) is 23.5 Å². The quantitative estimate of drug-likeness (QED) is 0.0710. The maximum Gasteiger partial charge on any atom is 0.410 e. The Balaban J connectivity index is 1.21. The van der Waals surface area contributed by atoms with E-state index < -0.39 is 39.9 Å². The van der Waals surface area contributed by atoms with Gasteiger partial charge in [0.15, 0.2) is 0 Å². The molecule has 0 radical (unpaired) electrons. The minimum absolute atomic E-state index is 0.0979. The lowest BCUT2D eigenvalue weighted by Gasteiger charge is -2.34. The summed E-state index contributed by atoms with van der Waals surface area (Å²) in [7, 11) is -2.81. The predicted octanol–water partition coefficient (Wildman–Crippen LogP) is 14.8. The van der Waals surface area contributed by atoms with Crippen LogP contribution in [0.15, 0.2) is 48.5 Å². The summed E-state index contributed by atoms with van der Waals surface area (Å²) in [5.41, 5.74) is 4.49. The number of imidazole rings is 2. The second-order valence-corrected chi connectivity index (χ2v) is 38.6. The summed E-state index contributed by atoms with van der Waals surface area (Å²) in [4.78, 5) is 44.0. The Morgan fingerprint density at radius 1 is 0.627 bits per heavy atom. The Morgan fingerprint density at radius 3 is 1.51 bits per heavy atom. The van der Waals surface area contributed by atoms with Crippen molar-refractivity contribution in [3.05, 3.63) is 88.5 Å². The number of benzene rings is 3. The molecule has 0 N–H and O–H groups in total. The highest BCUT2D eigenvalue weighted by molar-refractivity contribution is 6.76. The number of aromatic nitrogens is 4. The van der Waals surface area contributed by atoms with Crippen molar-refractivity contribution in [1.82, 2.24) is 28.9 Å². The van der Waals surface area contributed by atoms with Gasteiger partial charge in [0.2, 0.25) is 5.91 Å². The smallest absolute Gasteiger partial charge is 0.410 e. The highest BCUT2D eigenvalue weighted by Gasteiger charge is 2.42. The number of anilines is 1. The minimum Gasteiger partial charge on any atom is -0.444 e. The fourth-order valence-corrected chi connectivity index (χ4v) is 12.6. The van der Waals surface area contributed by atoms with E-state index in [2.05, 4.69) is 110 Å². The van der Waals surface area contributed by atoms with Gasteiger partial charge in [0.1, 0.15) is 42.3 Å². The summed E-state index contributed by atoms with van der Waals surface area (Å²) in [5, 5.41) is 0. The molecular formula is C59H87F2N7O5Si2. The van der Waals surface area contributed by atoms with Crippen molar-refractivity contribution in [2.75, 3.05) is 31.2 Å². The Hall–Kier alpha value is -4.65. The summed E-state index contributed by atoms with van der Waals surface area (Å²) in [5.74, 6) is 0.708. The van der Waals surface area contributed by atoms with E-state index in [9.17, 15) is 9.59 Å². The number of fused-ring (bicyclic) bond motifs is 2. The van der Waals surface area contributed by atoms with E-state index in [1.54, 1.807) is 17.0 Å². The number of halogens is 2. The molecule has 3 aliphatic rings. The molecule has 4 atom stereocenters. The van der Waals surface area contributed by atoms with E-state index in [1.165, 1.54) is 0 Å². The average Bonchev–Trinajstić information content (AvgIpc) is 4.14. The highest BCUT2D eigenvalue weighted by atomic mass is 28.3. The molecular weight excluding hydrogens is 981 g/mol. The first kappa shape index (κ1) is 56.6. The minimum atomic E-state index is -1.41. The summed E-state index contributed by atoms with van der Waals surface area (Å²) in [6, 6.07) is 15.7. The molecule has 12 nitrogen and oxygen atoms in total. The van der Waals surface area contributed by atoms with E-state index in [1.807, 2.05) is 46.9 Å². The second kappa shape index (κ2) is 21.6. The normalized spacial score (nSPS) is 20.1. The highest BCUT2D eigenvalue weighted by Crippen LogP contribution is 2.50. The summed E-state index contributed by atoms with van der Waals surface area (Å²) < 4.78 is 57.5. The van der Waals surface area contributed by atoms with Crippen molar-refractivity contribution >= 4 is 55.9 Å². The number of likely N-dealkylation sites (tertiary alicyclic amines) is 2. The SMILES string of the molecule is CC(C)(C)CC(=O)N1CCC[C@H]1c1nc2cc([C@H]3CC[C@H](c4cc5nc([C@@H]6CCCN6C(=O)OC(C)(C)C)n(COCC[Si](C)(C)C)c5cc4F)N3c3ccc(C(C)(C)C)cc3)c(F)cc2n1COCC[Si](C)(C)C. The number of hydrogen-bond acceptors (Lipinski definition) is 8. The zero-order chi connectivity index (χ0) is 54.6. The average molecular weight is 1070 g/mol. The van der Waals surface area contributed by atoms with Crippen molar-refractivity contribution in [2.45, 2.75) is 207 Å². The van der Waals surface area contributed by atoms with Crippen LogP contribution in [0.25, 0.3) is 22.1 Å². The van der Waals surface area contributed by atoms with E-state index in [0.717, 1.165) is 48.4 Å². The number of ether oxygens (including phenoxy) is 3. The van der Waals surface area contributed by atoms with Gasteiger partial charge >= 0.3 is 6.09 Å². The monoisotopic (exact) mass is 1070 g/mol. The fraction of sp³-hybridized carbons (Fsp3) is 0.627. The van der Waals surface area contributed by atoms with Crippen LogP contribution in [-0.4, -0.2) is 89.0 Å². The van der Waals surface area contributed by atoms with E-state index in [4.69, 9.17) is 24.2 Å². The van der Waals surface area contributed by atoms with Gasteiger partial charge in [-0.2, -0.15) is 0 Å². The van der Waals surface area contributed by atoms with Crippen molar-refractivity contribution in [3.8, 4) is 0 Å². The lowest BCUT2D eigenvalue weighted by atomic mass is 9.87. The maximum atomic E-state index is 17.5. The molecule has 8 rings (SSSR count). The lowest BCUT2D eigenvalue weighted by Crippen LogP contribution is -2.37. The Morgan fingerprint density at radius 2 is 1.08 bits per heavy atom. The van der Waals surface area contributed by atoms with E-state index >= 15 is 8.78 Å². The number of rotatable bonds is 16. The van der Waals surface area contributed by atoms with Gasteiger partial charge in [-0.1, -0.05) is 93.0 Å². The number of carbonyl (C=O) groups excluding carboxylic acids is 2. The van der Waals surface area contributed by atoms with E-state index in [0.29, 0.717) is 91.0 Å². The third-order valence-corrected chi connectivity index (χ3v) is 18.5. The molecule has 0 bridgehead atoms. The molecule has 410 valence electrons. The van der Waals surface area contributed by atoms with Gasteiger partial charge in [0, 0.05) is 77.8 Å². The lowest BCUT2D eigenvalue weighted by molar-refractivity contribution is -0.134. The van der Waals surface area contributed by atoms with Crippen LogP contribution in [0.3, 0.4) is 0 Å². The fourth-order valence-electron chi connectivity index (χ4n) is 11.1. The Labute approximate surface area is 447 Å². The van der Waals surface area contributed by atoms with Gasteiger partial charge in [0.05, 0.1) is 46.2 Å². The van der Waals surface area contributed by atoms with Gasteiger partial charge in [-0.3, -0.25) is 9.69 Å². The first-order valence-corrected chi connectivity index (χ1v) is 35.1. The summed E-state index contributed by atoms with van der Waals surface area (Å²) in [6.07, 6.45) is 4.20. The number of nitrogens with zero attached hydrogens (tertiary/aromatic N) is 7. The summed E-state index contributed by atoms with van der Waals surface area (Å²) >= 11 is 0. The van der Waals surface area contributed by atoms with E-state index in [-0.39, 0.29) is 53.9 Å². The molecule has 2 amide bonds. The number of amides is 2. The largest absolute Gasteiger partial charge is 0.444 e. The van der Waals surface area contributed by atoms with Crippen LogP contribution in [0.4, 0.5) is 19.3 Å². The molecule has 75 heavy (non-hydrogen) atoms. The van der Waals surface area contributed by atoms with Crippen molar-refractivity contribution < 1.29 is 32.6 Å². The molecule has 2 aromatic heterocycles. The van der Waals surface area contributed by atoms with Crippen LogP contribution in [0.2, 0.25) is 51.4 Å². The number of carbonyl (C=O) groups is 2. The molecule has 3 aromatic carbocycles. The van der Waals surface area contributed by atoms with Crippen LogP contribution < -0.4 is 4.90 Å². The van der Waals surface area contributed by atoms with Crippen LogP contribution in [0.5, 0.6) is 0 Å². The van der Waals surface area contributed by atoms with Crippen LogP contribution >= 0.6 is 0 Å². The third-order valence-electron chi connectivity index (χ3n) is 15.1. The summed E-state index contributed by atoms with van der Waals surface area (Å²) in [6.45, 7) is 35.0. The predicted molar refractivity (Wildman–Crippen MR) is 303 cm³/mol. The van der Waals surface area contributed by atoms with Crippen molar-refractivity contribution in [3.63, 3.8) is 0 Å². The zero-order valence-electron chi connectivity index (χ0n) is 48.0. The molecule has 5 heterocycles. The molecule has 3 saturated heterocycles. The number of hydrogen-bond donors (Lipinski definition) is 0. The van der Waals surface area contributed by atoms with Crippen molar-refractivity contribution in [2.24, 2.45) is 5.41 Å². The zero-order valence-corrected chi connectivity index (χ0v) is 50.0. The topological polar surface area (TPSA) is 107 Å². The standard InChI is InChI=1S/C59H87F2N7O5Si2/c1-57(2,3)36-53(69)64-26-16-18-49(64)54-62-45-32-41(43(60)34-51(45)66(54)37-71-28-30-74(10,11)12)47-24-25-48(68(47)40-22-20-39(21-23-40)58(4,5)6)42-33-46-52(35-44(42)61)67(38-72-29-31-75(13,14)15)55(63-46)50-19-17-27-65(50)56(70)73-59(7,8)9/h20-23,32-35,47-50H,16-19,24-31,36-38H2,1-15H3/t47-,48-,49+,50+/m1/s1. The molecule has 3 aliphatic heterocycles. The molecule has 3 fully saturated rings. The first-order valence-electron chi connectivity index (χ1n) is 27.7. The Kier molecular flexibility index (Phi) is 16.3. The second-order valence-electron chi connectivity index (χ2n) is 27.3. The molecule has 16 heteroatoms. The molecule has 0 saturated carbocycles. The van der Waals surface area contributed by atoms with Gasteiger partial charge in [-0.15, -0.1) is 0 Å². The van der Waals surface area contributed by atoms with Gasteiger partial charge in [-0.05, 0) is 112 Å². The Bertz CT molecular complexity index is 2690. The molecule has 0 unspecified atom stereocenters. The van der Waals surface area contributed by atoms with Crippen LogP contribution in [0, 0.1) is 17.0 Å².